The summed E-state index contributed by atoms with van der Waals surface area (Å²) in [5.41, 5.74) is 1.96. The minimum Gasteiger partial charge on any atom is -0.366 e. The van der Waals surface area contributed by atoms with E-state index in [4.69, 9.17) is 0 Å². The predicted molar refractivity (Wildman–Crippen MR) is 110 cm³/mol. The van der Waals surface area contributed by atoms with Gasteiger partial charge in [-0.3, -0.25) is 4.79 Å². The summed E-state index contributed by atoms with van der Waals surface area (Å²) in [6.07, 6.45) is -3.30. The second kappa shape index (κ2) is 8.30. The lowest BCUT2D eigenvalue weighted by molar-refractivity contribution is -0.137. The van der Waals surface area contributed by atoms with Gasteiger partial charge in [0.25, 0.3) is 0 Å². The number of hydrogen-bond acceptors (Lipinski definition) is 3. The molecular formula is C22H23F3N2OS. The third-order valence-electron chi connectivity index (χ3n) is 5.68. The highest BCUT2D eigenvalue weighted by atomic mass is 32.2. The molecule has 0 aromatic heterocycles. The molecule has 2 aromatic rings. The minimum atomic E-state index is -4.38. The van der Waals surface area contributed by atoms with E-state index in [1.807, 2.05) is 30.3 Å². The maximum Gasteiger partial charge on any atom is 0.416 e. The van der Waals surface area contributed by atoms with Gasteiger partial charge >= 0.3 is 6.18 Å². The summed E-state index contributed by atoms with van der Waals surface area (Å²) in [5.74, 6) is 1.33. The van der Waals surface area contributed by atoms with Crippen molar-refractivity contribution in [3.63, 3.8) is 0 Å². The normalized spacial score (nSPS) is 21.3. The molecule has 0 bridgehead atoms. The van der Waals surface area contributed by atoms with Crippen LogP contribution < -0.4 is 10.2 Å². The van der Waals surface area contributed by atoms with Crippen LogP contribution in [0.3, 0.4) is 0 Å². The fraction of sp³-hybridized carbons (Fsp3) is 0.409. The Morgan fingerprint density at radius 2 is 1.97 bits per heavy atom. The summed E-state index contributed by atoms with van der Waals surface area (Å²) >= 11 is 1.80. The van der Waals surface area contributed by atoms with Crippen molar-refractivity contribution in [2.75, 3.05) is 29.5 Å². The average Bonchev–Trinajstić information content (AvgIpc) is 2.72. The summed E-state index contributed by atoms with van der Waals surface area (Å²) in [5, 5.41) is 3.01. The van der Waals surface area contributed by atoms with Crippen molar-refractivity contribution in [1.82, 2.24) is 5.32 Å². The second-order valence-electron chi connectivity index (χ2n) is 7.51. The first-order chi connectivity index (χ1) is 13.9. The Labute approximate surface area is 172 Å². The molecule has 3 nitrogen and oxygen atoms in total. The van der Waals surface area contributed by atoms with E-state index in [2.05, 4.69) is 10.2 Å². The Morgan fingerprint density at radius 1 is 1.17 bits per heavy atom. The molecule has 1 amide bonds. The molecular weight excluding hydrogens is 397 g/mol. The number of anilines is 1. The lowest BCUT2D eigenvalue weighted by atomic mass is 9.84. The number of fused-ring (bicyclic) bond motifs is 3. The van der Waals surface area contributed by atoms with Gasteiger partial charge in [0.1, 0.15) is 0 Å². The van der Waals surface area contributed by atoms with Gasteiger partial charge in [0, 0.05) is 36.3 Å². The van der Waals surface area contributed by atoms with Crippen LogP contribution in [0.5, 0.6) is 0 Å². The Bertz CT molecular complexity index is 872. The van der Waals surface area contributed by atoms with Gasteiger partial charge < -0.3 is 10.2 Å². The number of hydrogen-bond donors (Lipinski definition) is 1. The number of rotatable bonds is 4. The average molecular weight is 421 g/mol. The first-order valence-electron chi connectivity index (χ1n) is 9.79. The van der Waals surface area contributed by atoms with Crippen LogP contribution >= 0.6 is 11.8 Å². The van der Waals surface area contributed by atoms with E-state index in [-0.39, 0.29) is 17.9 Å². The second-order valence-corrected chi connectivity index (χ2v) is 8.66. The first-order valence-corrected chi connectivity index (χ1v) is 10.9. The summed E-state index contributed by atoms with van der Waals surface area (Å²) in [4.78, 5) is 15.1. The smallest absolute Gasteiger partial charge is 0.366 e. The van der Waals surface area contributed by atoms with E-state index in [0.717, 1.165) is 41.8 Å². The van der Waals surface area contributed by atoms with Crippen molar-refractivity contribution >= 4 is 23.4 Å². The first kappa shape index (κ1) is 20.1. The molecule has 2 unspecified atom stereocenters. The molecule has 7 heteroatoms. The number of nitrogens with one attached hydrogen (secondary N) is 1. The molecule has 154 valence electrons. The number of halogens is 3. The summed E-state index contributed by atoms with van der Waals surface area (Å²) in [6.45, 7) is 1.27. The highest BCUT2D eigenvalue weighted by molar-refractivity contribution is 7.99. The van der Waals surface area contributed by atoms with Gasteiger partial charge in [-0.25, -0.2) is 0 Å². The molecule has 2 aromatic carbocycles. The van der Waals surface area contributed by atoms with Gasteiger partial charge in [-0.1, -0.05) is 30.3 Å². The number of amides is 1. The molecule has 4 rings (SSSR count). The zero-order valence-electron chi connectivity index (χ0n) is 15.9. The number of nitrogens with zero attached hydrogens (tertiary/aromatic N) is 1. The molecule has 1 N–H and O–H groups in total. The third-order valence-corrected chi connectivity index (χ3v) is 6.73. The fourth-order valence-corrected chi connectivity index (χ4v) is 5.35. The standard InChI is InChI=1S/C22H23F3N2OS/c23-22(24,25)17-6-7-19-16(12-17)13-18(20-14-29-11-10-27(19)20)21(28)26-9-8-15-4-2-1-3-5-15/h1-7,12,18,20H,8-11,13-14H2,(H,26,28). The number of benzene rings is 2. The fourth-order valence-electron chi connectivity index (χ4n) is 4.21. The highest BCUT2D eigenvalue weighted by Gasteiger charge is 2.41. The van der Waals surface area contributed by atoms with E-state index >= 15 is 0 Å². The van der Waals surface area contributed by atoms with E-state index in [1.54, 1.807) is 17.8 Å². The number of carbonyl (C=O) groups excluding carboxylic acids is 1. The molecule has 2 heterocycles. The summed E-state index contributed by atoms with van der Waals surface area (Å²) in [7, 11) is 0. The van der Waals surface area contributed by atoms with Crippen LogP contribution in [0.2, 0.25) is 0 Å². The van der Waals surface area contributed by atoms with Crippen LogP contribution in [0.1, 0.15) is 16.7 Å². The molecule has 2 aliphatic rings. The van der Waals surface area contributed by atoms with Crippen LogP contribution in [-0.4, -0.2) is 36.5 Å². The predicted octanol–water partition coefficient (Wildman–Crippen LogP) is 4.16. The van der Waals surface area contributed by atoms with Crippen molar-refractivity contribution in [3.05, 3.63) is 65.2 Å². The van der Waals surface area contributed by atoms with Gasteiger partial charge in [-0.15, -0.1) is 0 Å². The Kier molecular flexibility index (Phi) is 5.76. The van der Waals surface area contributed by atoms with Crippen LogP contribution in [0.15, 0.2) is 48.5 Å². The minimum absolute atomic E-state index is 0.0229. The summed E-state index contributed by atoms with van der Waals surface area (Å²) in [6, 6.07) is 13.9. The van der Waals surface area contributed by atoms with E-state index in [0.29, 0.717) is 18.5 Å². The Balaban J connectivity index is 1.51. The molecule has 1 saturated heterocycles. The van der Waals surface area contributed by atoms with Gasteiger partial charge in [0.05, 0.1) is 11.5 Å². The molecule has 2 atom stereocenters. The maximum atomic E-state index is 13.2. The van der Waals surface area contributed by atoms with Gasteiger partial charge in [0.2, 0.25) is 5.91 Å². The van der Waals surface area contributed by atoms with Crippen LogP contribution in [0.4, 0.5) is 18.9 Å². The molecule has 0 aliphatic carbocycles. The lowest BCUT2D eigenvalue weighted by Gasteiger charge is -2.45. The zero-order chi connectivity index (χ0) is 20.4. The zero-order valence-corrected chi connectivity index (χ0v) is 16.7. The Hall–Kier alpha value is -2.15. The number of carbonyl (C=O) groups is 1. The van der Waals surface area contributed by atoms with Crippen molar-refractivity contribution in [2.24, 2.45) is 5.92 Å². The van der Waals surface area contributed by atoms with E-state index in [9.17, 15) is 18.0 Å². The Morgan fingerprint density at radius 3 is 2.72 bits per heavy atom. The van der Waals surface area contributed by atoms with Crippen molar-refractivity contribution in [1.29, 1.82) is 0 Å². The van der Waals surface area contributed by atoms with E-state index < -0.39 is 11.7 Å². The van der Waals surface area contributed by atoms with Crippen LogP contribution in [0.25, 0.3) is 0 Å². The van der Waals surface area contributed by atoms with Crippen LogP contribution in [-0.2, 0) is 23.8 Å². The molecule has 0 radical (unpaired) electrons. The topological polar surface area (TPSA) is 32.3 Å². The molecule has 0 saturated carbocycles. The lowest BCUT2D eigenvalue weighted by Crippen LogP contribution is -2.55. The van der Waals surface area contributed by atoms with Gasteiger partial charge in [-0.05, 0) is 42.2 Å². The van der Waals surface area contributed by atoms with Crippen molar-refractivity contribution in [3.8, 4) is 0 Å². The van der Waals surface area contributed by atoms with Crippen molar-refractivity contribution < 1.29 is 18.0 Å². The van der Waals surface area contributed by atoms with Crippen molar-refractivity contribution in [2.45, 2.75) is 25.1 Å². The van der Waals surface area contributed by atoms with Gasteiger partial charge in [-0.2, -0.15) is 24.9 Å². The quantitative estimate of drug-likeness (QED) is 0.806. The van der Waals surface area contributed by atoms with Crippen LogP contribution in [0, 0.1) is 5.92 Å². The third kappa shape index (κ3) is 4.39. The van der Waals surface area contributed by atoms with Gasteiger partial charge in [0.15, 0.2) is 0 Å². The SMILES string of the molecule is O=C(NCCc1ccccc1)C1Cc2cc(C(F)(F)F)ccc2N2CCSCC12. The number of alkyl halides is 3. The largest absolute Gasteiger partial charge is 0.416 e. The number of thioether (sulfide) groups is 1. The maximum absolute atomic E-state index is 13.2. The van der Waals surface area contributed by atoms with E-state index in [1.165, 1.54) is 6.07 Å². The molecule has 1 fully saturated rings. The highest BCUT2D eigenvalue weighted by Crippen LogP contribution is 2.40. The molecule has 29 heavy (non-hydrogen) atoms. The summed E-state index contributed by atoms with van der Waals surface area (Å²) < 4.78 is 39.5. The monoisotopic (exact) mass is 420 g/mol. The molecule has 2 aliphatic heterocycles. The molecule has 0 spiro atoms.